The highest BCUT2D eigenvalue weighted by Gasteiger charge is 2.26. The molecule has 1 aliphatic heterocycles. The van der Waals surface area contributed by atoms with E-state index in [0.29, 0.717) is 6.42 Å². The van der Waals surface area contributed by atoms with Crippen LogP contribution in [0.5, 0.6) is 0 Å². The summed E-state index contributed by atoms with van der Waals surface area (Å²) in [5, 5.41) is 4.13. The van der Waals surface area contributed by atoms with Crippen molar-refractivity contribution >= 4 is 10.0 Å². The molecule has 1 saturated heterocycles. The van der Waals surface area contributed by atoms with Crippen molar-refractivity contribution in [3.05, 3.63) is 17.5 Å². The molecule has 0 aromatic carbocycles. The number of aromatic nitrogens is 1. The minimum absolute atomic E-state index is 0.195. The fourth-order valence-electron chi connectivity index (χ4n) is 2.77. The minimum Gasteiger partial charge on any atom is -0.361 e. The maximum atomic E-state index is 11.8. The maximum absolute atomic E-state index is 11.8. The highest BCUT2D eigenvalue weighted by molar-refractivity contribution is 7.89. The Kier molecular flexibility index (Phi) is 5.40. The van der Waals surface area contributed by atoms with Crippen molar-refractivity contribution in [2.24, 2.45) is 0 Å². The summed E-state index contributed by atoms with van der Waals surface area (Å²) in [5.41, 5.74) is 0.975. The molecule has 1 aromatic heterocycles. The SMILES string of the molecule is Cc1cc([C@@H]2CCCCN2CCCS(=O)(=O)N(C)C)no1. The van der Waals surface area contributed by atoms with Crippen molar-refractivity contribution in [3.8, 4) is 0 Å². The number of hydrogen-bond acceptors (Lipinski definition) is 5. The van der Waals surface area contributed by atoms with Crippen molar-refractivity contribution in [2.45, 2.75) is 38.6 Å². The van der Waals surface area contributed by atoms with Crippen LogP contribution in [0.4, 0.5) is 0 Å². The Morgan fingerprint density at radius 3 is 2.81 bits per heavy atom. The Bertz CT molecular complexity index is 554. The number of piperidine rings is 1. The summed E-state index contributed by atoms with van der Waals surface area (Å²) in [7, 11) is 0.0566. The molecule has 0 unspecified atom stereocenters. The lowest BCUT2D eigenvalue weighted by atomic mass is 9.99. The topological polar surface area (TPSA) is 66.7 Å². The van der Waals surface area contributed by atoms with Crippen molar-refractivity contribution in [1.82, 2.24) is 14.4 Å². The van der Waals surface area contributed by atoms with Gasteiger partial charge < -0.3 is 4.52 Å². The lowest BCUT2D eigenvalue weighted by Gasteiger charge is -2.34. The summed E-state index contributed by atoms with van der Waals surface area (Å²) in [6, 6.07) is 2.25. The Balaban J connectivity index is 1.94. The highest BCUT2D eigenvalue weighted by Crippen LogP contribution is 2.30. The Morgan fingerprint density at radius 2 is 2.19 bits per heavy atom. The summed E-state index contributed by atoms with van der Waals surface area (Å²) in [6.07, 6.45) is 4.05. The highest BCUT2D eigenvalue weighted by atomic mass is 32.2. The summed E-state index contributed by atoms with van der Waals surface area (Å²) in [4.78, 5) is 2.34. The normalized spacial score (nSPS) is 21.0. The van der Waals surface area contributed by atoms with Crippen LogP contribution in [-0.2, 0) is 10.0 Å². The molecule has 1 atom stereocenters. The first kappa shape index (κ1) is 16.5. The van der Waals surface area contributed by atoms with E-state index in [1.54, 1.807) is 14.1 Å². The van der Waals surface area contributed by atoms with Crippen LogP contribution >= 0.6 is 0 Å². The van der Waals surface area contributed by atoms with Gasteiger partial charge >= 0.3 is 0 Å². The Morgan fingerprint density at radius 1 is 1.43 bits per heavy atom. The summed E-state index contributed by atoms with van der Waals surface area (Å²) in [5.74, 6) is 1.02. The largest absolute Gasteiger partial charge is 0.361 e. The van der Waals surface area contributed by atoms with Gasteiger partial charge in [-0.2, -0.15) is 0 Å². The standard InChI is InChI=1S/C14H25N3O3S/c1-12-11-13(15-20-12)14-7-4-5-8-17(14)9-6-10-21(18,19)16(2)3/h11,14H,4-10H2,1-3H3/t14-/m0/s1. The maximum Gasteiger partial charge on any atom is 0.213 e. The zero-order valence-corrected chi connectivity index (χ0v) is 13.9. The van der Waals surface area contributed by atoms with E-state index in [9.17, 15) is 8.42 Å². The molecule has 21 heavy (non-hydrogen) atoms. The zero-order chi connectivity index (χ0) is 15.5. The molecule has 0 spiro atoms. The van der Waals surface area contributed by atoms with Crippen LogP contribution in [0.3, 0.4) is 0 Å². The molecule has 120 valence electrons. The van der Waals surface area contributed by atoms with Gasteiger partial charge in [-0.3, -0.25) is 4.90 Å². The van der Waals surface area contributed by atoms with Gasteiger partial charge in [0.15, 0.2) is 0 Å². The van der Waals surface area contributed by atoms with Crippen LogP contribution in [0.15, 0.2) is 10.6 Å². The molecule has 0 N–H and O–H groups in total. The lowest BCUT2D eigenvalue weighted by Crippen LogP contribution is -2.36. The first-order chi connectivity index (χ1) is 9.90. The van der Waals surface area contributed by atoms with Crippen LogP contribution < -0.4 is 0 Å². The summed E-state index contributed by atoms with van der Waals surface area (Å²) in [6.45, 7) is 3.68. The van der Waals surface area contributed by atoms with Crippen LogP contribution in [0, 0.1) is 6.92 Å². The van der Waals surface area contributed by atoms with E-state index < -0.39 is 10.0 Å². The molecular weight excluding hydrogens is 290 g/mol. The molecule has 0 amide bonds. The second-order valence-corrected chi connectivity index (χ2v) is 8.16. The van der Waals surface area contributed by atoms with Crippen LogP contribution in [0.2, 0.25) is 0 Å². The van der Waals surface area contributed by atoms with E-state index in [4.69, 9.17) is 4.52 Å². The number of hydrogen-bond donors (Lipinski definition) is 0. The second-order valence-electron chi connectivity index (χ2n) is 5.86. The van der Waals surface area contributed by atoms with Crippen LogP contribution in [0.1, 0.15) is 43.2 Å². The summed E-state index contributed by atoms with van der Waals surface area (Å²) >= 11 is 0. The molecule has 1 aliphatic rings. The van der Waals surface area contributed by atoms with E-state index in [0.717, 1.165) is 37.4 Å². The van der Waals surface area contributed by atoms with Crippen molar-refractivity contribution in [3.63, 3.8) is 0 Å². The molecule has 6 nitrogen and oxygen atoms in total. The molecule has 0 saturated carbocycles. The molecule has 1 fully saturated rings. The van der Waals surface area contributed by atoms with Crippen molar-refractivity contribution in [2.75, 3.05) is 32.9 Å². The fraction of sp³-hybridized carbons (Fsp3) is 0.786. The number of rotatable bonds is 6. The molecule has 0 aliphatic carbocycles. The van der Waals surface area contributed by atoms with E-state index in [1.165, 1.54) is 10.7 Å². The predicted molar refractivity (Wildman–Crippen MR) is 81.5 cm³/mol. The van der Waals surface area contributed by atoms with Gasteiger partial charge in [0.05, 0.1) is 11.8 Å². The Labute approximate surface area is 127 Å². The van der Waals surface area contributed by atoms with Crippen molar-refractivity contribution in [1.29, 1.82) is 0 Å². The molecule has 1 aromatic rings. The minimum atomic E-state index is -3.10. The molecule has 2 rings (SSSR count). The van der Waals surface area contributed by atoms with E-state index >= 15 is 0 Å². The van der Waals surface area contributed by atoms with E-state index in [1.807, 2.05) is 13.0 Å². The van der Waals surface area contributed by atoms with E-state index in [2.05, 4.69) is 10.1 Å². The van der Waals surface area contributed by atoms with Gasteiger partial charge in [-0.05, 0) is 39.3 Å². The molecule has 2 heterocycles. The number of likely N-dealkylation sites (tertiary alicyclic amines) is 1. The van der Waals surface area contributed by atoms with Crippen LogP contribution in [0.25, 0.3) is 0 Å². The number of nitrogens with zero attached hydrogens (tertiary/aromatic N) is 3. The van der Waals surface area contributed by atoms with Gasteiger partial charge in [-0.1, -0.05) is 11.6 Å². The van der Waals surface area contributed by atoms with E-state index in [-0.39, 0.29) is 11.8 Å². The third kappa shape index (κ3) is 4.28. The van der Waals surface area contributed by atoms with Gasteiger partial charge in [-0.15, -0.1) is 0 Å². The lowest BCUT2D eigenvalue weighted by molar-refractivity contribution is 0.142. The molecular formula is C14H25N3O3S. The average Bonchev–Trinajstić information content (AvgIpc) is 2.85. The molecule has 7 heteroatoms. The van der Waals surface area contributed by atoms with Gasteiger partial charge in [0.25, 0.3) is 0 Å². The monoisotopic (exact) mass is 315 g/mol. The van der Waals surface area contributed by atoms with Gasteiger partial charge in [0.1, 0.15) is 11.5 Å². The van der Waals surface area contributed by atoms with Gasteiger partial charge in [0, 0.05) is 20.2 Å². The van der Waals surface area contributed by atoms with Crippen molar-refractivity contribution < 1.29 is 12.9 Å². The first-order valence-corrected chi connectivity index (χ1v) is 9.08. The quantitative estimate of drug-likeness (QED) is 0.800. The first-order valence-electron chi connectivity index (χ1n) is 7.47. The number of sulfonamides is 1. The smallest absolute Gasteiger partial charge is 0.213 e. The van der Waals surface area contributed by atoms with Gasteiger partial charge in [0.2, 0.25) is 10.0 Å². The Hall–Kier alpha value is -0.920. The fourth-order valence-corrected chi connectivity index (χ4v) is 3.63. The molecule has 0 bridgehead atoms. The third-order valence-corrected chi connectivity index (χ3v) is 5.92. The van der Waals surface area contributed by atoms with Crippen LogP contribution in [-0.4, -0.2) is 55.7 Å². The predicted octanol–water partition coefficient (Wildman–Crippen LogP) is 1.79. The second kappa shape index (κ2) is 6.89. The zero-order valence-electron chi connectivity index (χ0n) is 13.1. The number of aryl methyl sites for hydroxylation is 1. The average molecular weight is 315 g/mol. The molecule has 0 radical (unpaired) electrons. The third-order valence-electron chi connectivity index (χ3n) is 4.01. The summed E-state index contributed by atoms with van der Waals surface area (Å²) < 4.78 is 30.1. The van der Waals surface area contributed by atoms with Gasteiger partial charge in [-0.25, -0.2) is 12.7 Å².